The zero-order valence-electron chi connectivity index (χ0n) is 18.3. The molecule has 1 aromatic carbocycles. The number of nitrogen functional groups attached to an aromatic ring is 1. The predicted octanol–water partition coefficient (Wildman–Crippen LogP) is 4.27. The van der Waals surface area contributed by atoms with E-state index in [-0.39, 0.29) is 29.3 Å². The predicted molar refractivity (Wildman–Crippen MR) is 119 cm³/mol. The molecule has 1 saturated heterocycles. The molecule has 0 saturated carbocycles. The van der Waals surface area contributed by atoms with Crippen molar-refractivity contribution < 1.29 is 18.0 Å². The van der Waals surface area contributed by atoms with E-state index in [1.54, 1.807) is 0 Å². The van der Waals surface area contributed by atoms with Gasteiger partial charge in [-0.25, -0.2) is 4.98 Å². The van der Waals surface area contributed by atoms with Gasteiger partial charge in [0.1, 0.15) is 5.82 Å². The second kappa shape index (κ2) is 10.1. The lowest BCUT2D eigenvalue weighted by Gasteiger charge is -2.34. The number of carbonyl (C=O) groups excluding carboxylic acids is 1. The quantitative estimate of drug-likeness (QED) is 0.546. The molecule has 1 unspecified atom stereocenters. The Labute approximate surface area is 185 Å². The van der Waals surface area contributed by atoms with Crippen LogP contribution >= 0.6 is 0 Å². The van der Waals surface area contributed by atoms with E-state index >= 15 is 0 Å². The van der Waals surface area contributed by atoms with E-state index in [9.17, 15) is 18.0 Å². The lowest BCUT2D eigenvalue weighted by Crippen LogP contribution is -2.47. The molecular weight excluding hydrogens is 421 g/mol. The number of anilines is 4. The highest BCUT2D eigenvalue weighted by Gasteiger charge is 2.31. The van der Waals surface area contributed by atoms with Crippen molar-refractivity contribution in [2.24, 2.45) is 0 Å². The minimum absolute atomic E-state index is 0.00105. The van der Waals surface area contributed by atoms with Crippen LogP contribution in [0.1, 0.15) is 50.8 Å². The normalized spacial score (nSPS) is 16.7. The Kier molecular flexibility index (Phi) is 7.42. The Hall–Kier alpha value is -3.04. The Morgan fingerprint density at radius 3 is 2.72 bits per heavy atom. The molecule has 174 valence electrons. The third-order valence-corrected chi connectivity index (χ3v) is 5.24. The summed E-state index contributed by atoms with van der Waals surface area (Å²) in [5, 5.41) is 5.85. The first kappa shape index (κ1) is 23.6. The molecule has 0 spiro atoms. The van der Waals surface area contributed by atoms with Gasteiger partial charge in [0, 0.05) is 49.2 Å². The number of nitrogens with zero attached hydrogens (tertiary/aromatic N) is 3. The van der Waals surface area contributed by atoms with Crippen molar-refractivity contribution in [1.82, 2.24) is 15.3 Å². The van der Waals surface area contributed by atoms with Crippen LogP contribution in [0.25, 0.3) is 0 Å². The minimum atomic E-state index is -4.51. The van der Waals surface area contributed by atoms with Gasteiger partial charge in [-0.1, -0.05) is 13.3 Å². The van der Waals surface area contributed by atoms with Crippen LogP contribution in [0.3, 0.4) is 0 Å². The molecule has 32 heavy (non-hydrogen) atoms. The summed E-state index contributed by atoms with van der Waals surface area (Å²) in [6.45, 7) is 4.96. The number of aromatic nitrogens is 2. The SMILES string of the molecule is CCCCc1cc(N2CCCC(NC(C)=O)C2)nc(Nc2cc(N)cc(C(F)(F)F)c2)n1. The molecule has 3 rings (SSSR count). The third kappa shape index (κ3) is 6.48. The number of amides is 1. The van der Waals surface area contributed by atoms with Crippen LogP contribution in [0.2, 0.25) is 0 Å². The molecule has 0 bridgehead atoms. The van der Waals surface area contributed by atoms with Gasteiger partial charge < -0.3 is 21.3 Å². The van der Waals surface area contributed by atoms with Crippen molar-refractivity contribution in [1.29, 1.82) is 0 Å². The van der Waals surface area contributed by atoms with Crippen LogP contribution in [-0.2, 0) is 17.4 Å². The summed E-state index contributed by atoms with van der Waals surface area (Å²) in [6, 6.07) is 5.24. The molecule has 2 heterocycles. The molecule has 1 fully saturated rings. The van der Waals surface area contributed by atoms with E-state index in [1.165, 1.54) is 13.0 Å². The van der Waals surface area contributed by atoms with Crippen molar-refractivity contribution in [3.05, 3.63) is 35.5 Å². The van der Waals surface area contributed by atoms with Crippen molar-refractivity contribution >= 4 is 29.0 Å². The lowest BCUT2D eigenvalue weighted by atomic mass is 10.1. The fraction of sp³-hybridized carbons (Fsp3) is 0.500. The highest BCUT2D eigenvalue weighted by atomic mass is 19.4. The molecule has 2 aromatic rings. The number of unbranched alkanes of at least 4 members (excludes halogenated alkanes) is 1. The van der Waals surface area contributed by atoms with Crippen LogP contribution in [0.5, 0.6) is 0 Å². The number of nitrogens with two attached hydrogens (primary N) is 1. The lowest BCUT2D eigenvalue weighted by molar-refractivity contribution is -0.137. The van der Waals surface area contributed by atoms with Crippen molar-refractivity contribution in [3.8, 4) is 0 Å². The van der Waals surface area contributed by atoms with Gasteiger partial charge in [-0.15, -0.1) is 0 Å². The van der Waals surface area contributed by atoms with E-state index in [2.05, 4.69) is 32.4 Å². The van der Waals surface area contributed by atoms with E-state index in [1.807, 2.05) is 6.07 Å². The largest absolute Gasteiger partial charge is 0.416 e. The first-order valence-corrected chi connectivity index (χ1v) is 10.8. The molecule has 10 heteroatoms. The molecule has 1 atom stereocenters. The zero-order valence-corrected chi connectivity index (χ0v) is 18.3. The average Bonchev–Trinajstić information content (AvgIpc) is 2.71. The number of halogens is 3. The van der Waals surface area contributed by atoms with Crippen molar-refractivity contribution in [3.63, 3.8) is 0 Å². The van der Waals surface area contributed by atoms with Gasteiger partial charge in [0.25, 0.3) is 0 Å². The molecule has 1 aliphatic rings. The number of piperidine rings is 1. The number of nitrogens with one attached hydrogen (secondary N) is 2. The maximum Gasteiger partial charge on any atom is 0.416 e. The number of carbonyl (C=O) groups is 1. The minimum Gasteiger partial charge on any atom is -0.399 e. The average molecular weight is 451 g/mol. The molecule has 1 aromatic heterocycles. The van der Waals surface area contributed by atoms with Gasteiger partial charge in [-0.2, -0.15) is 18.2 Å². The molecule has 1 amide bonds. The smallest absolute Gasteiger partial charge is 0.399 e. The highest BCUT2D eigenvalue weighted by Crippen LogP contribution is 2.33. The molecule has 0 aliphatic carbocycles. The highest BCUT2D eigenvalue weighted by molar-refractivity contribution is 5.73. The topological polar surface area (TPSA) is 96.2 Å². The summed E-state index contributed by atoms with van der Waals surface area (Å²) in [5.74, 6) is 0.824. The fourth-order valence-electron chi connectivity index (χ4n) is 3.79. The van der Waals surface area contributed by atoms with E-state index < -0.39 is 11.7 Å². The number of alkyl halides is 3. The third-order valence-electron chi connectivity index (χ3n) is 5.24. The molecule has 4 N–H and O–H groups in total. The van der Waals surface area contributed by atoms with Gasteiger partial charge in [0.15, 0.2) is 0 Å². The Balaban J connectivity index is 1.89. The second-order valence-corrected chi connectivity index (χ2v) is 8.10. The second-order valence-electron chi connectivity index (χ2n) is 8.10. The van der Waals surface area contributed by atoms with Crippen LogP contribution < -0.4 is 21.3 Å². The van der Waals surface area contributed by atoms with Gasteiger partial charge in [-0.05, 0) is 43.9 Å². The molecule has 1 aliphatic heterocycles. The molecule has 0 radical (unpaired) electrons. The Morgan fingerprint density at radius 1 is 1.25 bits per heavy atom. The van der Waals surface area contributed by atoms with E-state index in [0.717, 1.165) is 56.5 Å². The number of benzene rings is 1. The van der Waals surface area contributed by atoms with Crippen LogP contribution in [0, 0.1) is 0 Å². The summed E-state index contributed by atoms with van der Waals surface area (Å²) >= 11 is 0. The van der Waals surface area contributed by atoms with Crippen LogP contribution in [0.15, 0.2) is 24.3 Å². The Bertz CT molecular complexity index is 950. The maximum atomic E-state index is 13.2. The van der Waals surface area contributed by atoms with Gasteiger partial charge >= 0.3 is 6.18 Å². The van der Waals surface area contributed by atoms with Gasteiger partial charge in [0.05, 0.1) is 5.56 Å². The van der Waals surface area contributed by atoms with Gasteiger partial charge in [-0.3, -0.25) is 4.79 Å². The number of rotatable bonds is 7. The zero-order chi connectivity index (χ0) is 23.3. The molecular formula is C22H29F3N6O. The first-order valence-electron chi connectivity index (χ1n) is 10.8. The van der Waals surface area contributed by atoms with E-state index in [0.29, 0.717) is 12.4 Å². The summed E-state index contributed by atoms with van der Waals surface area (Å²) in [6.07, 6.45) is -0.0755. The molecule has 7 nitrogen and oxygen atoms in total. The maximum absolute atomic E-state index is 13.2. The fourth-order valence-corrected chi connectivity index (χ4v) is 3.79. The first-order chi connectivity index (χ1) is 15.1. The Morgan fingerprint density at radius 2 is 2.03 bits per heavy atom. The summed E-state index contributed by atoms with van der Waals surface area (Å²) in [7, 11) is 0. The number of hydrogen-bond acceptors (Lipinski definition) is 6. The van der Waals surface area contributed by atoms with Crippen LogP contribution in [0.4, 0.5) is 36.3 Å². The van der Waals surface area contributed by atoms with Crippen LogP contribution in [-0.4, -0.2) is 35.0 Å². The van der Waals surface area contributed by atoms with Crippen molar-refractivity contribution in [2.45, 2.75) is 58.2 Å². The summed E-state index contributed by atoms with van der Waals surface area (Å²) < 4.78 is 39.5. The summed E-state index contributed by atoms with van der Waals surface area (Å²) in [4.78, 5) is 22.6. The monoisotopic (exact) mass is 450 g/mol. The number of hydrogen-bond donors (Lipinski definition) is 3. The van der Waals surface area contributed by atoms with Crippen molar-refractivity contribution in [2.75, 3.05) is 29.0 Å². The van der Waals surface area contributed by atoms with E-state index in [4.69, 9.17) is 5.73 Å². The van der Waals surface area contributed by atoms with Gasteiger partial charge in [0.2, 0.25) is 11.9 Å². The summed E-state index contributed by atoms with van der Waals surface area (Å²) in [5.41, 5.74) is 5.82. The standard InChI is InChI=1S/C22H29F3N6O/c1-3-4-6-17-12-20(31-8-5-7-18(13-31)27-14(2)32)30-21(28-17)29-19-10-15(22(23,24)25)9-16(26)11-19/h9-12,18H,3-8,13,26H2,1-2H3,(H,27,32)(H,28,29,30). The number of aryl methyl sites for hydroxylation is 1.